The number of nitrogens with one attached hydrogen (secondary N) is 1. The molecule has 0 aliphatic rings. The monoisotopic (exact) mass is 270 g/mol. The Morgan fingerprint density at radius 1 is 0.667 bits per heavy atom. The van der Waals surface area contributed by atoms with Crippen molar-refractivity contribution in [3.8, 4) is 22.3 Å². The van der Waals surface area contributed by atoms with Crippen molar-refractivity contribution in [2.45, 2.75) is 0 Å². The summed E-state index contributed by atoms with van der Waals surface area (Å²) in [5.74, 6) is 0. The van der Waals surface area contributed by atoms with Gasteiger partial charge in [0.25, 0.3) is 0 Å². The summed E-state index contributed by atoms with van der Waals surface area (Å²) in [6, 6.07) is 23.1. The lowest BCUT2D eigenvalue weighted by molar-refractivity contribution is 1.33. The molecule has 0 aliphatic heterocycles. The molecule has 0 amide bonds. The summed E-state index contributed by atoms with van der Waals surface area (Å²) in [5, 5.41) is 1.15. The van der Waals surface area contributed by atoms with Crippen molar-refractivity contribution < 1.29 is 0 Å². The maximum absolute atomic E-state index is 4.37. The topological polar surface area (TPSA) is 28.7 Å². The molecule has 4 rings (SSSR count). The zero-order valence-electron chi connectivity index (χ0n) is 11.5. The highest BCUT2D eigenvalue weighted by atomic mass is 14.8. The molecule has 0 saturated carbocycles. The van der Waals surface area contributed by atoms with Crippen LogP contribution in [-0.4, -0.2) is 9.97 Å². The highest BCUT2D eigenvalue weighted by molar-refractivity contribution is 5.98. The first kappa shape index (κ1) is 11.9. The highest BCUT2D eigenvalue weighted by Crippen LogP contribution is 2.35. The van der Waals surface area contributed by atoms with Gasteiger partial charge in [0, 0.05) is 23.3 Å². The minimum absolute atomic E-state index is 0.926. The van der Waals surface area contributed by atoms with Crippen molar-refractivity contribution in [2.24, 2.45) is 0 Å². The van der Waals surface area contributed by atoms with Gasteiger partial charge in [-0.3, -0.25) is 0 Å². The van der Waals surface area contributed by atoms with E-state index in [1.165, 1.54) is 22.3 Å². The lowest BCUT2D eigenvalue weighted by Crippen LogP contribution is -1.83. The van der Waals surface area contributed by atoms with Gasteiger partial charge in [-0.15, -0.1) is 0 Å². The van der Waals surface area contributed by atoms with Crippen LogP contribution in [0.15, 0.2) is 79.1 Å². The van der Waals surface area contributed by atoms with Crippen LogP contribution >= 0.6 is 0 Å². The fourth-order valence-electron chi connectivity index (χ4n) is 2.77. The molecule has 100 valence electrons. The molecule has 0 unspecified atom stereocenters. The number of nitrogens with zero attached hydrogens (tertiary/aromatic N) is 1. The van der Waals surface area contributed by atoms with Crippen LogP contribution in [0.25, 0.3) is 33.3 Å². The summed E-state index contributed by atoms with van der Waals surface area (Å²) in [4.78, 5) is 7.63. The average molecular weight is 270 g/mol. The average Bonchev–Trinajstić information content (AvgIpc) is 3.00. The maximum Gasteiger partial charge on any atom is 0.137 e. The number of hydrogen-bond acceptors (Lipinski definition) is 1. The van der Waals surface area contributed by atoms with Gasteiger partial charge < -0.3 is 4.98 Å². The molecule has 0 atom stereocenters. The van der Waals surface area contributed by atoms with Crippen LogP contribution in [0.3, 0.4) is 0 Å². The third kappa shape index (κ3) is 2.01. The van der Waals surface area contributed by atoms with Crippen molar-refractivity contribution >= 4 is 11.0 Å². The summed E-state index contributed by atoms with van der Waals surface area (Å²) in [5.41, 5.74) is 5.81. The Kier molecular flexibility index (Phi) is 2.79. The van der Waals surface area contributed by atoms with E-state index in [9.17, 15) is 0 Å². The SMILES string of the molecule is c1ccc(-c2ccccc2-c2c[nH]c3ncccc23)cc1. The molecule has 4 aromatic rings. The van der Waals surface area contributed by atoms with Crippen molar-refractivity contribution in [2.75, 3.05) is 0 Å². The second kappa shape index (κ2) is 4.91. The quantitative estimate of drug-likeness (QED) is 0.551. The van der Waals surface area contributed by atoms with Crippen LogP contribution in [0.5, 0.6) is 0 Å². The molecule has 21 heavy (non-hydrogen) atoms. The first-order valence-electron chi connectivity index (χ1n) is 7.00. The van der Waals surface area contributed by atoms with E-state index in [4.69, 9.17) is 0 Å². The molecule has 0 spiro atoms. The fraction of sp³-hybridized carbons (Fsp3) is 0. The normalized spacial score (nSPS) is 10.9. The summed E-state index contributed by atoms with van der Waals surface area (Å²) in [7, 11) is 0. The first-order chi connectivity index (χ1) is 10.4. The van der Waals surface area contributed by atoms with E-state index in [2.05, 4.69) is 64.6 Å². The molecule has 0 radical (unpaired) electrons. The number of hydrogen-bond donors (Lipinski definition) is 1. The van der Waals surface area contributed by atoms with Crippen LogP contribution in [0.2, 0.25) is 0 Å². The van der Waals surface area contributed by atoms with Gasteiger partial charge >= 0.3 is 0 Å². The summed E-state index contributed by atoms with van der Waals surface area (Å²) < 4.78 is 0. The number of rotatable bonds is 2. The Morgan fingerprint density at radius 2 is 1.43 bits per heavy atom. The van der Waals surface area contributed by atoms with Crippen LogP contribution in [0, 0.1) is 0 Å². The van der Waals surface area contributed by atoms with E-state index in [1.54, 1.807) is 0 Å². The minimum atomic E-state index is 0.926. The second-order valence-electron chi connectivity index (χ2n) is 5.01. The minimum Gasteiger partial charge on any atom is -0.346 e. The summed E-state index contributed by atoms with van der Waals surface area (Å²) in [6.45, 7) is 0. The van der Waals surface area contributed by atoms with E-state index in [1.807, 2.05) is 24.5 Å². The van der Waals surface area contributed by atoms with Crippen molar-refractivity contribution in [3.05, 3.63) is 79.1 Å². The van der Waals surface area contributed by atoms with Gasteiger partial charge in [0.15, 0.2) is 0 Å². The molecule has 0 saturated heterocycles. The van der Waals surface area contributed by atoms with Crippen LogP contribution in [-0.2, 0) is 0 Å². The van der Waals surface area contributed by atoms with Crippen LogP contribution in [0.1, 0.15) is 0 Å². The lowest BCUT2D eigenvalue weighted by Gasteiger charge is -2.09. The number of benzene rings is 2. The third-order valence-corrected chi connectivity index (χ3v) is 3.75. The molecule has 0 aliphatic carbocycles. The molecule has 2 heterocycles. The molecule has 0 bridgehead atoms. The number of aromatic amines is 1. The van der Waals surface area contributed by atoms with Gasteiger partial charge in [0.1, 0.15) is 5.65 Å². The maximum atomic E-state index is 4.37. The number of aromatic nitrogens is 2. The molecule has 2 aromatic carbocycles. The van der Waals surface area contributed by atoms with E-state index in [-0.39, 0.29) is 0 Å². The lowest BCUT2D eigenvalue weighted by atomic mass is 9.95. The highest BCUT2D eigenvalue weighted by Gasteiger charge is 2.11. The van der Waals surface area contributed by atoms with Gasteiger partial charge in [0.05, 0.1) is 0 Å². The Morgan fingerprint density at radius 3 is 2.29 bits per heavy atom. The van der Waals surface area contributed by atoms with Gasteiger partial charge in [-0.1, -0.05) is 54.6 Å². The van der Waals surface area contributed by atoms with Crippen molar-refractivity contribution in [3.63, 3.8) is 0 Å². The molecule has 2 heteroatoms. The predicted octanol–water partition coefficient (Wildman–Crippen LogP) is 4.90. The number of H-pyrrole nitrogens is 1. The number of pyridine rings is 1. The summed E-state index contributed by atoms with van der Waals surface area (Å²) in [6.07, 6.45) is 3.85. The second-order valence-corrected chi connectivity index (χ2v) is 5.01. The largest absolute Gasteiger partial charge is 0.346 e. The van der Waals surface area contributed by atoms with Gasteiger partial charge in [0.2, 0.25) is 0 Å². The van der Waals surface area contributed by atoms with Gasteiger partial charge in [-0.2, -0.15) is 0 Å². The Bertz CT molecular complexity index is 892. The zero-order chi connectivity index (χ0) is 14.1. The smallest absolute Gasteiger partial charge is 0.137 e. The zero-order valence-corrected chi connectivity index (χ0v) is 11.5. The standard InChI is InChI=1S/C19H14N2/c1-2-7-14(8-3-1)15-9-4-5-10-16(15)18-13-21-19-17(18)11-6-12-20-19/h1-13H,(H,20,21). The molecular formula is C19H14N2. The van der Waals surface area contributed by atoms with Gasteiger partial charge in [-0.05, 0) is 28.8 Å². The molecule has 1 N–H and O–H groups in total. The molecule has 0 fully saturated rings. The van der Waals surface area contributed by atoms with Crippen molar-refractivity contribution in [1.29, 1.82) is 0 Å². The number of fused-ring (bicyclic) bond motifs is 1. The summed E-state index contributed by atoms with van der Waals surface area (Å²) >= 11 is 0. The Balaban J connectivity index is 1.98. The van der Waals surface area contributed by atoms with E-state index in [0.717, 1.165) is 11.0 Å². The van der Waals surface area contributed by atoms with E-state index in [0.29, 0.717) is 0 Å². The van der Waals surface area contributed by atoms with Crippen LogP contribution < -0.4 is 0 Å². The van der Waals surface area contributed by atoms with Crippen molar-refractivity contribution in [1.82, 2.24) is 9.97 Å². The molecular weight excluding hydrogens is 256 g/mol. The fourth-order valence-corrected chi connectivity index (χ4v) is 2.77. The van der Waals surface area contributed by atoms with Crippen LogP contribution in [0.4, 0.5) is 0 Å². The van der Waals surface area contributed by atoms with Gasteiger partial charge in [-0.25, -0.2) is 4.98 Å². The molecule has 2 aromatic heterocycles. The Labute approximate surface area is 123 Å². The first-order valence-corrected chi connectivity index (χ1v) is 7.00. The predicted molar refractivity (Wildman–Crippen MR) is 87.0 cm³/mol. The van der Waals surface area contributed by atoms with E-state index >= 15 is 0 Å². The third-order valence-electron chi connectivity index (χ3n) is 3.75. The Hall–Kier alpha value is -2.87. The molecule has 2 nitrogen and oxygen atoms in total. The van der Waals surface area contributed by atoms with E-state index < -0.39 is 0 Å².